The number of aryl methyl sites for hydroxylation is 1. The van der Waals surface area contributed by atoms with Gasteiger partial charge in [0.1, 0.15) is 0 Å². The number of carboxylic acids is 1. The molecule has 0 saturated carbocycles. The Bertz CT molecular complexity index is 817. The number of hydrogen-bond acceptors (Lipinski definition) is 4. The highest BCUT2D eigenvalue weighted by atomic mass is 16.4. The maximum absolute atomic E-state index is 12.4. The number of carboxylic acid groups (broad SMARTS) is 1. The van der Waals surface area contributed by atoms with Gasteiger partial charge in [-0.1, -0.05) is 18.2 Å². The zero-order chi connectivity index (χ0) is 18.4. The van der Waals surface area contributed by atoms with Gasteiger partial charge in [0.2, 0.25) is 0 Å². The molecule has 5 N–H and O–H groups in total. The van der Waals surface area contributed by atoms with Crippen LogP contribution < -0.4 is 11.1 Å². The molecule has 0 bridgehead atoms. The molecule has 7 nitrogen and oxygen atoms in total. The minimum Gasteiger partial charge on any atom is -0.478 e. The van der Waals surface area contributed by atoms with E-state index in [-0.39, 0.29) is 29.0 Å². The normalized spacial score (nSPS) is 10.3. The largest absolute Gasteiger partial charge is 0.478 e. The highest BCUT2D eigenvalue weighted by Crippen LogP contribution is 2.20. The molecule has 2 aromatic carbocycles. The van der Waals surface area contributed by atoms with Crippen LogP contribution in [0, 0.1) is 0 Å². The van der Waals surface area contributed by atoms with E-state index in [4.69, 9.17) is 15.9 Å². The maximum atomic E-state index is 12.4. The van der Waals surface area contributed by atoms with Crippen molar-refractivity contribution in [2.24, 2.45) is 5.73 Å². The molecule has 2 amide bonds. The molecule has 0 unspecified atom stereocenters. The summed E-state index contributed by atoms with van der Waals surface area (Å²) < 4.78 is 0. The van der Waals surface area contributed by atoms with Gasteiger partial charge in [-0.05, 0) is 42.7 Å². The van der Waals surface area contributed by atoms with Crippen molar-refractivity contribution < 1.29 is 24.6 Å². The van der Waals surface area contributed by atoms with E-state index in [9.17, 15) is 14.4 Å². The number of hydrogen-bond donors (Lipinski definition) is 4. The molecule has 0 aliphatic rings. The van der Waals surface area contributed by atoms with Crippen LogP contribution in [0.1, 0.15) is 43.1 Å². The number of amides is 2. The summed E-state index contributed by atoms with van der Waals surface area (Å²) in [7, 11) is 0. The van der Waals surface area contributed by atoms with Gasteiger partial charge in [0.15, 0.2) is 0 Å². The number of aliphatic hydroxyl groups excluding tert-OH is 1. The second-order valence-corrected chi connectivity index (χ2v) is 5.38. The fourth-order valence-corrected chi connectivity index (χ4v) is 2.40. The van der Waals surface area contributed by atoms with E-state index in [0.29, 0.717) is 12.8 Å². The molecular weight excluding hydrogens is 324 g/mol. The third-order valence-corrected chi connectivity index (χ3v) is 3.62. The predicted molar refractivity (Wildman–Crippen MR) is 91.7 cm³/mol. The topological polar surface area (TPSA) is 130 Å². The van der Waals surface area contributed by atoms with E-state index in [1.807, 2.05) is 0 Å². The second kappa shape index (κ2) is 8.07. The molecule has 0 heterocycles. The molecule has 0 saturated heterocycles. The molecule has 0 aliphatic carbocycles. The fraction of sp³-hybridized carbons (Fsp3) is 0.167. The van der Waals surface area contributed by atoms with E-state index < -0.39 is 17.8 Å². The number of carbonyl (C=O) groups excluding carboxylic acids is 2. The highest BCUT2D eigenvalue weighted by molar-refractivity contribution is 6.12. The molecular formula is C18H18N2O5. The van der Waals surface area contributed by atoms with Gasteiger partial charge >= 0.3 is 5.97 Å². The van der Waals surface area contributed by atoms with Crippen LogP contribution in [0.15, 0.2) is 42.5 Å². The Morgan fingerprint density at radius 3 is 2.28 bits per heavy atom. The van der Waals surface area contributed by atoms with Crippen molar-refractivity contribution >= 4 is 23.5 Å². The van der Waals surface area contributed by atoms with Crippen molar-refractivity contribution in [2.75, 3.05) is 11.9 Å². The zero-order valence-corrected chi connectivity index (χ0v) is 13.4. The minimum absolute atomic E-state index is 0.0187. The molecule has 2 rings (SSSR count). The zero-order valence-electron chi connectivity index (χ0n) is 13.4. The van der Waals surface area contributed by atoms with E-state index in [0.717, 1.165) is 5.56 Å². The minimum atomic E-state index is -1.22. The Balaban J connectivity index is 2.32. The SMILES string of the molecule is NC(=O)c1cc(CCCO)ccc1NC(=O)c1ccccc1C(=O)O. The quantitative estimate of drug-likeness (QED) is 0.608. The lowest BCUT2D eigenvalue weighted by molar-refractivity contribution is 0.0692. The number of nitrogens with two attached hydrogens (primary N) is 1. The van der Waals surface area contributed by atoms with Gasteiger partial charge in [-0.3, -0.25) is 9.59 Å². The summed E-state index contributed by atoms with van der Waals surface area (Å²) in [4.78, 5) is 35.3. The van der Waals surface area contributed by atoms with Gasteiger partial charge in [-0.25, -0.2) is 4.79 Å². The third kappa shape index (κ3) is 4.42. The Labute approximate surface area is 144 Å². The molecule has 0 aromatic heterocycles. The van der Waals surface area contributed by atoms with Crippen LogP contribution in [0.2, 0.25) is 0 Å². The summed E-state index contributed by atoms with van der Waals surface area (Å²) in [5.74, 6) is -2.59. The van der Waals surface area contributed by atoms with Crippen LogP contribution >= 0.6 is 0 Å². The summed E-state index contributed by atoms with van der Waals surface area (Å²) in [5.41, 5.74) is 6.33. The van der Waals surface area contributed by atoms with Crippen molar-refractivity contribution in [3.63, 3.8) is 0 Å². The first-order chi connectivity index (χ1) is 11.9. The molecule has 7 heteroatoms. The van der Waals surface area contributed by atoms with Crippen molar-refractivity contribution in [1.82, 2.24) is 0 Å². The number of rotatable bonds is 7. The number of aromatic carboxylic acids is 1. The standard InChI is InChI=1S/C18H18N2O5/c19-16(22)14-10-11(4-3-9-21)7-8-15(14)20-17(23)12-5-1-2-6-13(12)18(24)25/h1-2,5-8,10,21H,3-4,9H2,(H2,19,22)(H,20,23)(H,24,25). The van der Waals surface area contributed by atoms with E-state index in [1.54, 1.807) is 18.2 Å². The summed E-state index contributed by atoms with van der Waals surface area (Å²) in [6.45, 7) is 0.0242. The van der Waals surface area contributed by atoms with Gasteiger partial charge in [0, 0.05) is 6.61 Å². The fourth-order valence-electron chi connectivity index (χ4n) is 2.40. The van der Waals surface area contributed by atoms with Gasteiger partial charge < -0.3 is 21.3 Å². The van der Waals surface area contributed by atoms with Crippen LogP contribution in [0.5, 0.6) is 0 Å². The van der Waals surface area contributed by atoms with Crippen molar-refractivity contribution in [1.29, 1.82) is 0 Å². The number of aliphatic hydroxyl groups is 1. The van der Waals surface area contributed by atoms with Gasteiger partial charge in [0.25, 0.3) is 11.8 Å². The highest BCUT2D eigenvalue weighted by Gasteiger charge is 2.18. The lowest BCUT2D eigenvalue weighted by atomic mass is 10.0. The molecule has 2 aromatic rings. The van der Waals surface area contributed by atoms with Crippen LogP contribution in [0.4, 0.5) is 5.69 Å². The number of primary amides is 1. The molecule has 0 atom stereocenters. The summed E-state index contributed by atoms with van der Waals surface area (Å²) in [6, 6.07) is 10.6. The van der Waals surface area contributed by atoms with Crippen LogP contribution in [0.25, 0.3) is 0 Å². The molecule has 25 heavy (non-hydrogen) atoms. The lowest BCUT2D eigenvalue weighted by Gasteiger charge is -2.12. The first-order valence-corrected chi connectivity index (χ1v) is 7.61. The van der Waals surface area contributed by atoms with Crippen LogP contribution in [-0.4, -0.2) is 34.6 Å². The monoisotopic (exact) mass is 342 g/mol. The maximum Gasteiger partial charge on any atom is 0.336 e. The first kappa shape index (κ1) is 18.2. The Morgan fingerprint density at radius 2 is 1.68 bits per heavy atom. The number of benzene rings is 2. The number of anilines is 1. The average molecular weight is 342 g/mol. The summed E-state index contributed by atoms with van der Waals surface area (Å²) in [6.07, 6.45) is 1.10. The van der Waals surface area contributed by atoms with E-state index in [2.05, 4.69) is 5.32 Å². The van der Waals surface area contributed by atoms with Crippen LogP contribution in [0.3, 0.4) is 0 Å². The lowest BCUT2D eigenvalue weighted by Crippen LogP contribution is -2.20. The van der Waals surface area contributed by atoms with Gasteiger partial charge in [-0.2, -0.15) is 0 Å². The number of nitrogens with one attached hydrogen (secondary N) is 1. The molecule has 0 radical (unpaired) electrons. The third-order valence-electron chi connectivity index (χ3n) is 3.62. The van der Waals surface area contributed by atoms with E-state index in [1.165, 1.54) is 24.3 Å². The molecule has 0 aliphatic heterocycles. The smallest absolute Gasteiger partial charge is 0.336 e. The Hall–Kier alpha value is -3.19. The molecule has 130 valence electrons. The summed E-state index contributed by atoms with van der Waals surface area (Å²) in [5, 5.41) is 20.6. The Kier molecular flexibility index (Phi) is 5.86. The first-order valence-electron chi connectivity index (χ1n) is 7.61. The average Bonchev–Trinajstić information content (AvgIpc) is 2.60. The van der Waals surface area contributed by atoms with Gasteiger partial charge in [0.05, 0.1) is 22.4 Å². The van der Waals surface area contributed by atoms with E-state index >= 15 is 0 Å². The van der Waals surface area contributed by atoms with Crippen LogP contribution in [-0.2, 0) is 6.42 Å². The van der Waals surface area contributed by atoms with Crippen molar-refractivity contribution in [2.45, 2.75) is 12.8 Å². The molecule has 0 spiro atoms. The van der Waals surface area contributed by atoms with Crippen molar-refractivity contribution in [3.05, 3.63) is 64.7 Å². The second-order valence-electron chi connectivity index (χ2n) is 5.38. The molecule has 0 fully saturated rings. The summed E-state index contributed by atoms with van der Waals surface area (Å²) >= 11 is 0. The Morgan fingerprint density at radius 1 is 1.00 bits per heavy atom. The van der Waals surface area contributed by atoms with Crippen molar-refractivity contribution in [3.8, 4) is 0 Å². The predicted octanol–water partition coefficient (Wildman–Crippen LogP) is 1.66. The number of carbonyl (C=O) groups is 3. The van der Waals surface area contributed by atoms with Gasteiger partial charge in [-0.15, -0.1) is 0 Å².